The lowest BCUT2D eigenvalue weighted by Crippen LogP contribution is -2.37. The molecule has 1 saturated heterocycles. The fraction of sp³-hybridized carbons (Fsp3) is 0.571. The molecule has 0 bridgehead atoms. The number of rotatable bonds is 4. The van der Waals surface area contributed by atoms with Crippen molar-refractivity contribution in [1.29, 1.82) is 0 Å². The average molecular weight is 234 g/mol. The summed E-state index contributed by atoms with van der Waals surface area (Å²) in [5.74, 6) is 0. The summed E-state index contributed by atoms with van der Waals surface area (Å²) in [4.78, 5) is 2.42. The Morgan fingerprint density at radius 3 is 2.65 bits per heavy atom. The summed E-state index contributed by atoms with van der Waals surface area (Å²) >= 11 is 0. The van der Waals surface area contributed by atoms with Gasteiger partial charge < -0.3 is 15.0 Å². The number of para-hydroxylation sites is 1. The molecule has 0 aliphatic carbocycles. The molecule has 1 N–H and O–H groups in total. The molecule has 17 heavy (non-hydrogen) atoms. The molecular weight excluding hydrogens is 212 g/mol. The van der Waals surface area contributed by atoms with Crippen LogP contribution in [0.5, 0.6) is 0 Å². The molecule has 0 aromatic heterocycles. The molecule has 94 valence electrons. The van der Waals surface area contributed by atoms with Gasteiger partial charge in [0.2, 0.25) is 0 Å². The molecule has 0 atom stereocenters. The number of ether oxygens (including phenoxy) is 1. The summed E-state index contributed by atoms with van der Waals surface area (Å²) in [5.41, 5.74) is 2.73. The summed E-state index contributed by atoms with van der Waals surface area (Å²) in [6, 6.07) is 9.17. The van der Waals surface area contributed by atoms with Crippen LogP contribution in [0.15, 0.2) is 24.3 Å². The van der Waals surface area contributed by atoms with Gasteiger partial charge in [-0.1, -0.05) is 32.0 Å². The molecule has 0 amide bonds. The summed E-state index contributed by atoms with van der Waals surface area (Å²) < 4.78 is 5.40. The van der Waals surface area contributed by atoms with E-state index in [0.717, 1.165) is 32.8 Å². The topological polar surface area (TPSA) is 24.5 Å². The number of benzene rings is 1. The van der Waals surface area contributed by atoms with Crippen molar-refractivity contribution in [3.8, 4) is 0 Å². The normalized spacial score (nSPS) is 16.5. The maximum atomic E-state index is 5.40. The van der Waals surface area contributed by atoms with Gasteiger partial charge >= 0.3 is 0 Å². The maximum absolute atomic E-state index is 5.40. The molecular formula is C14H22N2O. The summed E-state index contributed by atoms with van der Waals surface area (Å²) in [6.45, 7) is 8.97. The van der Waals surface area contributed by atoms with Gasteiger partial charge in [0.15, 0.2) is 0 Å². The number of morpholine rings is 1. The number of hydrogen-bond donors (Lipinski definition) is 1. The molecule has 3 nitrogen and oxygen atoms in total. The largest absolute Gasteiger partial charge is 0.378 e. The van der Waals surface area contributed by atoms with Gasteiger partial charge in [-0.25, -0.2) is 0 Å². The third kappa shape index (κ3) is 3.45. The van der Waals surface area contributed by atoms with E-state index in [0.29, 0.717) is 6.04 Å². The maximum Gasteiger partial charge on any atom is 0.0642 e. The van der Waals surface area contributed by atoms with Crippen LogP contribution in [0.25, 0.3) is 0 Å². The zero-order valence-electron chi connectivity index (χ0n) is 10.8. The van der Waals surface area contributed by atoms with Crippen molar-refractivity contribution in [3.63, 3.8) is 0 Å². The van der Waals surface area contributed by atoms with Gasteiger partial charge in [-0.05, 0) is 11.6 Å². The molecule has 1 aromatic carbocycles. The lowest BCUT2D eigenvalue weighted by atomic mass is 10.1. The van der Waals surface area contributed by atoms with Crippen molar-refractivity contribution in [2.45, 2.75) is 26.4 Å². The van der Waals surface area contributed by atoms with Crippen molar-refractivity contribution in [2.24, 2.45) is 0 Å². The van der Waals surface area contributed by atoms with Crippen molar-refractivity contribution in [2.75, 3.05) is 31.2 Å². The van der Waals surface area contributed by atoms with Crippen molar-refractivity contribution in [1.82, 2.24) is 5.32 Å². The van der Waals surface area contributed by atoms with Crippen LogP contribution in [-0.4, -0.2) is 32.3 Å². The van der Waals surface area contributed by atoms with Crippen LogP contribution in [0.4, 0.5) is 5.69 Å². The van der Waals surface area contributed by atoms with E-state index in [-0.39, 0.29) is 0 Å². The van der Waals surface area contributed by atoms with Crippen molar-refractivity contribution in [3.05, 3.63) is 29.8 Å². The Kier molecular flexibility index (Phi) is 4.40. The molecule has 3 heteroatoms. The van der Waals surface area contributed by atoms with E-state index >= 15 is 0 Å². The van der Waals surface area contributed by atoms with E-state index in [4.69, 9.17) is 4.74 Å². The van der Waals surface area contributed by atoms with Crippen LogP contribution >= 0.6 is 0 Å². The first-order valence-corrected chi connectivity index (χ1v) is 6.41. The molecule has 1 fully saturated rings. The Morgan fingerprint density at radius 2 is 1.94 bits per heavy atom. The minimum absolute atomic E-state index is 0.521. The highest BCUT2D eigenvalue weighted by molar-refractivity contribution is 5.53. The van der Waals surface area contributed by atoms with E-state index in [1.807, 2.05) is 0 Å². The second-order valence-corrected chi connectivity index (χ2v) is 4.76. The lowest BCUT2D eigenvalue weighted by molar-refractivity contribution is 0.122. The van der Waals surface area contributed by atoms with Gasteiger partial charge in [-0.2, -0.15) is 0 Å². The Balaban J connectivity index is 2.09. The number of hydrogen-bond acceptors (Lipinski definition) is 3. The lowest BCUT2D eigenvalue weighted by Gasteiger charge is -2.30. The standard InChI is InChI=1S/C14H22N2O/c1-12(2)15-11-13-5-3-4-6-14(13)16-7-9-17-10-8-16/h3-6,12,15H,7-11H2,1-2H3. The van der Waals surface area contributed by atoms with Crippen molar-refractivity contribution < 1.29 is 4.74 Å². The minimum Gasteiger partial charge on any atom is -0.378 e. The monoisotopic (exact) mass is 234 g/mol. The molecule has 0 unspecified atom stereocenters. The van der Waals surface area contributed by atoms with Gasteiger partial charge in [-0.15, -0.1) is 0 Å². The third-order valence-corrected chi connectivity index (χ3v) is 3.04. The second kappa shape index (κ2) is 6.03. The second-order valence-electron chi connectivity index (χ2n) is 4.76. The number of nitrogens with zero attached hydrogens (tertiary/aromatic N) is 1. The zero-order chi connectivity index (χ0) is 12.1. The minimum atomic E-state index is 0.521. The molecule has 1 aromatic rings. The van der Waals surface area contributed by atoms with Gasteiger partial charge in [0.05, 0.1) is 13.2 Å². The van der Waals surface area contributed by atoms with Crippen LogP contribution < -0.4 is 10.2 Å². The van der Waals surface area contributed by atoms with Crippen LogP contribution in [-0.2, 0) is 11.3 Å². The van der Waals surface area contributed by atoms with E-state index in [1.54, 1.807) is 0 Å². The fourth-order valence-corrected chi connectivity index (χ4v) is 2.09. The predicted octanol–water partition coefficient (Wildman–Crippen LogP) is 2.02. The first-order chi connectivity index (χ1) is 8.27. The average Bonchev–Trinajstić information content (AvgIpc) is 2.38. The Bertz CT molecular complexity index is 346. The van der Waals surface area contributed by atoms with Crippen LogP contribution in [0, 0.1) is 0 Å². The molecule has 2 rings (SSSR count). The molecule has 1 aliphatic heterocycles. The first kappa shape index (κ1) is 12.4. The van der Waals surface area contributed by atoms with Gasteiger partial charge in [0, 0.05) is 31.4 Å². The van der Waals surface area contributed by atoms with E-state index < -0.39 is 0 Å². The van der Waals surface area contributed by atoms with E-state index in [2.05, 4.69) is 48.3 Å². The number of anilines is 1. The Morgan fingerprint density at radius 1 is 1.24 bits per heavy atom. The van der Waals surface area contributed by atoms with Crippen LogP contribution in [0.1, 0.15) is 19.4 Å². The SMILES string of the molecule is CC(C)NCc1ccccc1N1CCOCC1. The van der Waals surface area contributed by atoms with Gasteiger partial charge in [-0.3, -0.25) is 0 Å². The fourth-order valence-electron chi connectivity index (χ4n) is 2.09. The molecule has 0 spiro atoms. The van der Waals surface area contributed by atoms with Crippen molar-refractivity contribution >= 4 is 5.69 Å². The highest BCUT2D eigenvalue weighted by atomic mass is 16.5. The predicted molar refractivity (Wildman–Crippen MR) is 71.4 cm³/mol. The van der Waals surface area contributed by atoms with Gasteiger partial charge in [0.1, 0.15) is 0 Å². The molecule has 1 aliphatic rings. The molecule has 1 heterocycles. The summed E-state index contributed by atoms with van der Waals surface area (Å²) in [5, 5.41) is 3.48. The zero-order valence-corrected chi connectivity index (χ0v) is 10.8. The smallest absolute Gasteiger partial charge is 0.0642 e. The first-order valence-electron chi connectivity index (χ1n) is 6.41. The van der Waals surface area contributed by atoms with Gasteiger partial charge in [0.25, 0.3) is 0 Å². The summed E-state index contributed by atoms with van der Waals surface area (Å²) in [7, 11) is 0. The van der Waals surface area contributed by atoms with E-state index in [1.165, 1.54) is 11.3 Å². The number of nitrogens with one attached hydrogen (secondary N) is 1. The Hall–Kier alpha value is -1.06. The van der Waals surface area contributed by atoms with E-state index in [9.17, 15) is 0 Å². The highest BCUT2D eigenvalue weighted by Crippen LogP contribution is 2.21. The third-order valence-electron chi connectivity index (χ3n) is 3.04. The quantitative estimate of drug-likeness (QED) is 0.862. The highest BCUT2D eigenvalue weighted by Gasteiger charge is 2.13. The molecule has 0 radical (unpaired) electrons. The molecule has 0 saturated carbocycles. The Labute approximate surface area is 104 Å². The van der Waals surface area contributed by atoms with Crippen LogP contribution in [0.3, 0.4) is 0 Å². The van der Waals surface area contributed by atoms with Crippen LogP contribution in [0.2, 0.25) is 0 Å². The summed E-state index contributed by atoms with van der Waals surface area (Å²) in [6.07, 6.45) is 0.